The number of hydrogen-bond donors (Lipinski definition) is 1. The van der Waals surface area contributed by atoms with Crippen molar-refractivity contribution in [3.05, 3.63) is 18.2 Å². The first kappa shape index (κ1) is 6.34. The van der Waals surface area contributed by atoms with Crippen LogP contribution in [0.15, 0.2) is 18.2 Å². The summed E-state index contributed by atoms with van der Waals surface area (Å²) in [6.45, 7) is 1.78. The molecule has 0 bridgehead atoms. The van der Waals surface area contributed by atoms with Gasteiger partial charge in [-0.05, 0) is 12.1 Å². The van der Waals surface area contributed by atoms with Crippen molar-refractivity contribution in [3.63, 3.8) is 0 Å². The maximum Gasteiger partial charge on any atom is 0.239 e. The van der Waals surface area contributed by atoms with Gasteiger partial charge in [0, 0.05) is 6.92 Å². The van der Waals surface area contributed by atoms with E-state index in [2.05, 4.69) is 0 Å². The minimum Gasteiger partial charge on any atom is -0.504 e. The molecule has 0 saturated heterocycles. The number of phenolic OH excluding ortho intramolecular Hbond substituents is 1. The van der Waals surface area contributed by atoms with E-state index in [9.17, 15) is 5.11 Å². The van der Waals surface area contributed by atoms with Crippen molar-refractivity contribution in [1.29, 1.82) is 0 Å². The molecular formula is C8H8O3. The fourth-order valence-corrected chi connectivity index (χ4v) is 1.08. The lowest BCUT2D eigenvalue weighted by atomic mass is 10.3. The van der Waals surface area contributed by atoms with Crippen LogP contribution in [0.1, 0.15) is 6.92 Å². The number of hydrogen-bond acceptors (Lipinski definition) is 3. The number of benzene rings is 1. The van der Waals surface area contributed by atoms with Crippen molar-refractivity contribution in [3.8, 4) is 17.2 Å². The molecule has 1 unspecified atom stereocenters. The van der Waals surface area contributed by atoms with E-state index in [-0.39, 0.29) is 12.0 Å². The third-order valence-corrected chi connectivity index (χ3v) is 1.53. The number of rotatable bonds is 0. The molecule has 1 aromatic carbocycles. The Kier molecular flexibility index (Phi) is 1.18. The second-order valence-electron chi connectivity index (χ2n) is 2.41. The van der Waals surface area contributed by atoms with Gasteiger partial charge in [-0.2, -0.15) is 0 Å². The van der Waals surface area contributed by atoms with Gasteiger partial charge in [-0.1, -0.05) is 6.07 Å². The predicted octanol–water partition coefficient (Wildman–Crippen LogP) is 1.51. The van der Waals surface area contributed by atoms with Gasteiger partial charge in [0.25, 0.3) is 0 Å². The number of phenols is 1. The molecule has 0 saturated carbocycles. The van der Waals surface area contributed by atoms with Crippen molar-refractivity contribution in [2.24, 2.45) is 0 Å². The number of fused-ring (bicyclic) bond motifs is 1. The summed E-state index contributed by atoms with van der Waals surface area (Å²) in [6, 6.07) is 5.05. The lowest BCUT2D eigenvalue weighted by molar-refractivity contribution is 0.0664. The normalized spacial score (nSPS) is 20.3. The summed E-state index contributed by atoms with van der Waals surface area (Å²) < 4.78 is 10.4. The van der Waals surface area contributed by atoms with Crippen molar-refractivity contribution >= 4 is 0 Å². The van der Waals surface area contributed by atoms with E-state index in [4.69, 9.17) is 9.47 Å². The first-order valence-electron chi connectivity index (χ1n) is 3.42. The van der Waals surface area contributed by atoms with Gasteiger partial charge in [-0.3, -0.25) is 0 Å². The summed E-state index contributed by atoms with van der Waals surface area (Å²) in [7, 11) is 0. The van der Waals surface area contributed by atoms with Crippen LogP contribution >= 0.6 is 0 Å². The molecule has 1 N–H and O–H groups in total. The van der Waals surface area contributed by atoms with Crippen LogP contribution in [0.4, 0.5) is 0 Å². The van der Waals surface area contributed by atoms with Gasteiger partial charge in [0.1, 0.15) is 0 Å². The molecule has 3 nitrogen and oxygen atoms in total. The van der Waals surface area contributed by atoms with Gasteiger partial charge in [-0.25, -0.2) is 0 Å². The first-order chi connectivity index (χ1) is 5.27. The van der Waals surface area contributed by atoms with Gasteiger partial charge < -0.3 is 14.6 Å². The van der Waals surface area contributed by atoms with Crippen LogP contribution in [0.5, 0.6) is 17.2 Å². The highest BCUT2D eigenvalue weighted by atomic mass is 16.7. The second kappa shape index (κ2) is 2.05. The van der Waals surface area contributed by atoms with E-state index < -0.39 is 0 Å². The van der Waals surface area contributed by atoms with Gasteiger partial charge >= 0.3 is 0 Å². The summed E-state index contributed by atoms with van der Waals surface area (Å²) in [5.74, 6) is 1.18. The average Bonchev–Trinajstić information content (AvgIpc) is 2.31. The molecule has 1 atom stereocenters. The largest absolute Gasteiger partial charge is 0.504 e. The lowest BCUT2D eigenvalue weighted by Gasteiger charge is -2.00. The molecule has 2 rings (SSSR count). The Morgan fingerprint density at radius 1 is 1.36 bits per heavy atom. The molecule has 0 aliphatic carbocycles. The van der Waals surface area contributed by atoms with Gasteiger partial charge in [0.15, 0.2) is 11.5 Å². The Morgan fingerprint density at radius 2 is 2.18 bits per heavy atom. The Hall–Kier alpha value is -1.38. The SMILES string of the molecule is CC1Oc2cccc(O)c2O1. The van der Waals surface area contributed by atoms with E-state index in [0.717, 1.165) is 0 Å². The zero-order chi connectivity index (χ0) is 7.84. The lowest BCUT2D eigenvalue weighted by Crippen LogP contribution is -2.11. The highest BCUT2D eigenvalue weighted by Crippen LogP contribution is 2.41. The molecule has 0 aromatic heterocycles. The molecule has 3 heteroatoms. The molecule has 0 amide bonds. The zero-order valence-corrected chi connectivity index (χ0v) is 6.07. The van der Waals surface area contributed by atoms with Gasteiger partial charge in [0.05, 0.1) is 0 Å². The van der Waals surface area contributed by atoms with Crippen LogP contribution in [0.25, 0.3) is 0 Å². The minimum atomic E-state index is -0.293. The van der Waals surface area contributed by atoms with Crippen LogP contribution < -0.4 is 9.47 Å². The van der Waals surface area contributed by atoms with Crippen LogP contribution in [-0.4, -0.2) is 11.4 Å². The average molecular weight is 152 g/mol. The van der Waals surface area contributed by atoms with E-state index >= 15 is 0 Å². The quantitative estimate of drug-likeness (QED) is 0.612. The maximum atomic E-state index is 9.24. The monoisotopic (exact) mass is 152 g/mol. The standard InChI is InChI=1S/C8H8O3/c1-5-10-7-4-2-3-6(9)8(7)11-5/h2-5,9H,1H3. The summed E-state index contributed by atoms with van der Waals surface area (Å²) >= 11 is 0. The molecular weight excluding hydrogens is 144 g/mol. The van der Waals surface area contributed by atoms with Crippen molar-refractivity contribution in [1.82, 2.24) is 0 Å². The summed E-state index contributed by atoms with van der Waals surface area (Å²) in [6.07, 6.45) is -0.293. The van der Waals surface area contributed by atoms with Crippen LogP contribution in [-0.2, 0) is 0 Å². The molecule has 0 fully saturated rings. The number of aromatic hydroxyl groups is 1. The van der Waals surface area contributed by atoms with Crippen LogP contribution in [0.2, 0.25) is 0 Å². The topological polar surface area (TPSA) is 38.7 Å². The Balaban J connectivity index is 2.49. The first-order valence-corrected chi connectivity index (χ1v) is 3.42. The highest BCUT2D eigenvalue weighted by molar-refractivity contribution is 5.51. The van der Waals surface area contributed by atoms with Crippen LogP contribution in [0, 0.1) is 0 Å². The highest BCUT2D eigenvalue weighted by Gasteiger charge is 2.22. The third-order valence-electron chi connectivity index (χ3n) is 1.53. The van der Waals surface area contributed by atoms with Crippen molar-refractivity contribution < 1.29 is 14.6 Å². The Morgan fingerprint density at radius 3 is 2.91 bits per heavy atom. The summed E-state index contributed by atoms with van der Waals surface area (Å²) in [5.41, 5.74) is 0. The van der Waals surface area contributed by atoms with E-state index in [1.54, 1.807) is 25.1 Å². The second-order valence-corrected chi connectivity index (χ2v) is 2.41. The molecule has 1 aliphatic rings. The van der Waals surface area contributed by atoms with Gasteiger partial charge in [0.2, 0.25) is 12.0 Å². The molecule has 1 aromatic rings. The van der Waals surface area contributed by atoms with E-state index in [0.29, 0.717) is 11.5 Å². The van der Waals surface area contributed by atoms with Crippen molar-refractivity contribution in [2.45, 2.75) is 13.2 Å². The fraction of sp³-hybridized carbons (Fsp3) is 0.250. The number of para-hydroxylation sites is 1. The zero-order valence-electron chi connectivity index (χ0n) is 6.07. The molecule has 58 valence electrons. The van der Waals surface area contributed by atoms with E-state index in [1.807, 2.05) is 0 Å². The van der Waals surface area contributed by atoms with Crippen LogP contribution in [0.3, 0.4) is 0 Å². The molecule has 11 heavy (non-hydrogen) atoms. The Bertz CT molecular complexity index is 283. The molecule has 1 heterocycles. The molecule has 1 aliphatic heterocycles. The number of ether oxygens (including phenoxy) is 2. The summed E-state index contributed by atoms with van der Waals surface area (Å²) in [4.78, 5) is 0. The minimum absolute atomic E-state index is 0.131. The maximum absolute atomic E-state index is 9.24. The fourth-order valence-electron chi connectivity index (χ4n) is 1.08. The molecule has 0 radical (unpaired) electrons. The van der Waals surface area contributed by atoms with Crippen molar-refractivity contribution in [2.75, 3.05) is 0 Å². The van der Waals surface area contributed by atoms with Gasteiger partial charge in [-0.15, -0.1) is 0 Å². The third kappa shape index (κ3) is 0.888. The predicted molar refractivity (Wildman–Crippen MR) is 38.8 cm³/mol. The summed E-state index contributed by atoms with van der Waals surface area (Å²) in [5, 5.41) is 9.24. The smallest absolute Gasteiger partial charge is 0.239 e. The van der Waals surface area contributed by atoms with E-state index in [1.165, 1.54) is 0 Å². The molecule has 0 spiro atoms. The Labute approximate surface area is 64.2 Å².